The second-order valence-electron chi connectivity index (χ2n) is 7.75. The summed E-state index contributed by atoms with van der Waals surface area (Å²) >= 11 is 0. The van der Waals surface area contributed by atoms with E-state index in [2.05, 4.69) is 38.0 Å². The molecule has 124 valence electrons. The van der Waals surface area contributed by atoms with Crippen molar-refractivity contribution in [3.05, 3.63) is 0 Å². The van der Waals surface area contributed by atoms with Crippen LogP contribution in [0.2, 0.25) is 0 Å². The summed E-state index contributed by atoms with van der Waals surface area (Å²) in [5.74, 6) is -0.242. The summed E-state index contributed by atoms with van der Waals surface area (Å²) in [6, 6.07) is 0.654. The molecule has 1 rings (SSSR count). The van der Waals surface area contributed by atoms with Gasteiger partial charge in [-0.2, -0.15) is 0 Å². The maximum atomic E-state index is 11.7. The lowest BCUT2D eigenvalue weighted by atomic mass is 9.75. The fourth-order valence-corrected chi connectivity index (χ4v) is 3.11. The highest BCUT2D eigenvalue weighted by Crippen LogP contribution is 2.36. The predicted molar refractivity (Wildman–Crippen MR) is 89.2 cm³/mol. The molecule has 1 atom stereocenters. The van der Waals surface area contributed by atoms with Gasteiger partial charge in [0, 0.05) is 12.6 Å². The molecule has 0 aliphatic heterocycles. The maximum absolute atomic E-state index is 11.7. The molecular formula is C17H35N3O. The lowest BCUT2D eigenvalue weighted by Crippen LogP contribution is -2.55. The van der Waals surface area contributed by atoms with Crippen LogP contribution >= 0.6 is 0 Å². The molecule has 4 heteroatoms. The number of hydrogen-bond donors (Lipinski definition) is 2. The molecule has 21 heavy (non-hydrogen) atoms. The molecule has 1 amide bonds. The number of carbonyl (C=O) groups is 1. The Bertz CT molecular complexity index is 333. The van der Waals surface area contributed by atoms with E-state index in [1.807, 2.05) is 6.92 Å². The molecular weight excluding hydrogens is 262 g/mol. The van der Waals surface area contributed by atoms with Crippen molar-refractivity contribution in [1.29, 1.82) is 0 Å². The normalized spacial score (nSPS) is 22.2. The molecule has 0 aromatic rings. The van der Waals surface area contributed by atoms with Gasteiger partial charge in [-0.15, -0.1) is 0 Å². The number of rotatable bonds is 8. The third-order valence-corrected chi connectivity index (χ3v) is 5.21. The molecule has 4 nitrogen and oxygen atoms in total. The summed E-state index contributed by atoms with van der Waals surface area (Å²) in [6.45, 7) is 10.5. The molecule has 1 aliphatic carbocycles. The summed E-state index contributed by atoms with van der Waals surface area (Å²) in [6.07, 6.45) is 6.90. The number of hydrogen-bond acceptors (Lipinski definition) is 3. The van der Waals surface area contributed by atoms with Crippen molar-refractivity contribution in [3.8, 4) is 0 Å². The van der Waals surface area contributed by atoms with Crippen LogP contribution in [0, 0.1) is 5.41 Å². The fraction of sp³-hybridized carbons (Fsp3) is 0.941. The Morgan fingerprint density at radius 3 is 2.43 bits per heavy atom. The van der Waals surface area contributed by atoms with E-state index >= 15 is 0 Å². The average molecular weight is 297 g/mol. The first-order valence-corrected chi connectivity index (χ1v) is 8.45. The number of carbonyl (C=O) groups excluding carboxylic acids is 1. The van der Waals surface area contributed by atoms with Gasteiger partial charge in [-0.3, -0.25) is 4.79 Å². The minimum absolute atomic E-state index is 0.242. The van der Waals surface area contributed by atoms with E-state index in [-0.39, 0.29) is 5.91 Å². The zero-order valence-electron chi connectivity index (χ0n) is 14.7. The number of amides is 1. The first kappa shape index (κ1) is 18.4. The first-order chi connectivity index (χ1) is 9.70. The van der Waals surface area contributed by atoms with E-state index in [0.717, 1.165) is 25.9 Å². The number of nitrogens with zero attached hydrogens (tertiary/aromatic N) is 1. The highest BCUT2D eigenvalue weighted by molar-refractivity contribution is 5.84. The van der Waals surface area contributed by atoms with E-state index in [0.29, 0.717) is 11.5 Å². The summed E-state index contributed by atoms with van der Waals surface area (Å²) < 4.78 is 0. The van der Waals surface area contributed by atoms with Gasteiger partial charge in [-0.25, -0.2) is 0 Å². The zero-order valence-corrected chi connectivity index (χ0v) is 14.7. The molecule has 0 radical (unpaired) electrons. The van der Waals surface area contributed by atoms with E-state index in [4.69, 9.17) is 5.73 Å². The van der Waals surface area contributed by atoms with Crippen molar-refractivity contribution >= 4 is 5.91 Å². The van der Waals surface area contributed by atoms with Crippen molar-refractivity contribution in [2.24, 2.45) is 11.1 Å². The van der Waals surface area contributed by atoms with Crippen LogP contribution in [-0.4, -0.2) is 42.5 Å². The van der Waals surface area contributed by atoms with Crippen LogP contribution < -0.4 is 11.1 Å². The molecule has 0 saturated heterocycles. The quantitative estimate of drug-likeness (QED) is 0.724. The predicted octanol–water partition coefficient (Wildman–Crippen LogP) is 2.52. The lowest BCUT2D eigenvalue weighted by molar-refractivity contribution is -0.124. The first-order valence-electron chi connectivity index (χ1n) is 8.45. The zero-order chi connectivity index (χ0) is 16.1. The summed E-state index contributed by atoms with van der Waals surface area (Å²) in [5.41, 5.74) is 5.51. The van der Waals surface area contributed by atoms with Crippen molar-refractivity contribution in [1.82, 2.24) is 10.2 Å². The van der Waals surface area contributed by atoms with E-state index in [1.54, 1.807) is 0 Å². The van der Waals surface area contributed by atoms with Crippen LogP contribution in [0.25, 0.3) is 0 Å². The maximum Gasteiger partial charge on any atom is 0.237 e. The van der Waals surface area contributed by atoms with Crippen LogP contribution in [-0.2, 0) is 4.79 Å². The monoisotopic (exact) mass is 297 g/mol. The van der Waals surface area contributed by atoms with Gasteiger partial charge in [0.25, 0.3) is 0 Å². The average Bonchev–Trinajstić information content (AvgIpc) is 2.42. The Morgan fingerprint density at radius 2 is 1.95 bits per heavy atom. The molecule has 0 spiro atoms. The summed E-state index contributed by atoms with van der Waals surface area (Å²) in [7, 11) is 2.18. The minimum Gasteiger partial charge on any atom is -0.368 e. The topological polar surface area (TPSA) is 58.4 Å². The molecule has 1 saturated carbocycles. The molecule has 1 unspecified atom stereocenters. The molecule has 1 aliphatic rings. The van der Waals surface area contributed by atoms with Crippen LogP contribution in [0.15, 0.2) is 0 Å². The second-order valence-corrected chi connectivity index (χ2v) is 7.75. The third kappa shape index (κ3) is 5.59. The molecule has 3 N–H and O–H groups in total. The summed E-state index contributed by atoms with van der Waals surface area (Å²) in [5, 5.41) is 3.32. The van der Waals surface area contributed by atoms with Crippen LogP contribution in [0.5, 0.6) is 0 Å². The van der Waals surface area contributed by atoms with Gasteiger partial charge in [-0.1, -0.05) is 20.8 Å². The van der Waals surface area contributed by atoms with Crippen molar-refractivity contribution < 1.29 is 4.79 Å². The van der Waals surface area contributed by atoms with Gasteiger partial charge in [0.2, 0.25) is 5.91 Å². The molecule has 0 bridgehead atoms. The number of nitrogens with one attached hydrogen (secondary N) is 1. The number of nitrogens with two attached hydrogens (primary N) is 1. The highest BCUT2D eigenvalue weighted by Gasteiger charge is 2.32. The van der Waals surface area contributed by atoms with Crippen molar-refractivity contribution in [2.75, 3.05) is 20.1 Å². The largest absolute Gasteiger partial charge is 0.368 e. The third-order valence-electron chi connectivity index (χ3n) is 5.21. The van der Waals surface area contributed by atoms with Gasteiger partial charge >= 0.3 is 0 Å². The second kappa shape index (κ2) is 7.59. The van der Waals surface area contributed by atoms with Gasteiger partial charge in [0.1, 0.15) is 0 Å². The number of primary amides is 1. The Balaban J connectivity index is 2.46. The molecule has 0 aromatic carbocycles. The fourth-order valence-electron chi connectivity index (χ4n) is 3.11. The Labute approximate surface area is 130 Å². The highest BCUT2D eigenvalue weighted by atomic mass is 16.1. The van der Waals surface area contributed by atoms with Gasteiger partial charge in [0.05, 0.1) is 5.54 Å². The van der Waals surface area contributed by atoms with E-state index in [1.165, 1.54) is 25.7 Å². The Kier molecular flexibility index (Phi) is 6.67. The lowest BCUT2D eigenvalue weighted by Gasteiger charge is -2.39. The van der Waals surface area contributed by atoms with Crippen LogP contribution in [0.3, 0.4) is 0 Å². The summed E-state index contributed by atoms with van der Waals surface area (Å²) in [4.78, 5) is 14.2. The SMILES string of the molecule is CCCNC(C)(CCN(C)C1CCC(C)(C)CC1)C(N)=O. The Hall–Kier alpha value is -0.610. The minimum atomic E-state index is -0.585. The van der Waals surface area contributed by atoms with Crippen LogP contribution in [0.4, 0.5) is 0 Å². The van der Waals surface area contributed by atoms with Gasteiger partial charge < -0.3 is 16.0 Å². The van der Waals surface area contributed by atoms with Crippen molar-refractivity contribution in [2.45, 2.75) is 77.8 Å². The standard InChI is InChI=1S/C17H35N3O/c1-6-12-19-17(4,15(18)21)11-13-20(5)14-7-9-16(2,3)10-8-14/h14,19H,6-13H2,1-5H3,(H2,18,21). The smallest absolute Gasteiger partial charge is 0.237 e. The van der Waals surface area contributed by atoms with E-state index < -0.39 is 5.54 Å². The van der Waals surface area contributed by atoms with E-state index in [9.17, 15) is 4.79 Å². The molecule has 1 fully saturated rings. The van der Waals surface area contributed by atoms with Gasteiger partial charge in [-0.05, 0) is 64.5 Å². The molecule has 0 heterocycles. The Morgan fingerprint density at radius 1 is 1.38 bits per heavy atom. The van der Waals surface area contributed by atoms with Crippen LogP contribution in [0.1, 0.15) is 66.2 Å². The van der Waals surface area contributed by atoms with Gasteiger partial charge in [0.15, 0.2) is 0 Å². The molecule has 0 aromatic heterocycles. The van der Waals surface area contributed by atoms with Crippen molar-refractivity contribution in [3.63, 3.8) is 0 Å².